The third-order valence-electron chi connectivity index (χ3n) is 2.09. The summed E-state index contributed by atoms with van der Waals surface area (Å²) < 4.78 is 9.39. The van der Waals surface area contributed by atoms with Gasteiger partial charge in [0.2, 0.25) is 0 Å². The van der Waals surface area contributed by atoms with Crippen LogP contribution in [0.3, 0.4) is 0 Å². The summed E-state index contributed by atoms with van der Waals surface area (Å²) in [5, 5.41) is 0. The minimum absolute atomic E-state index is 0.0306. The van der Waals surface area contributed by atoms with E-state index in [0.717, 1.165) is 32.1 Å². The van der Waals surface area contributed by atoms with Gasteiger partial charge in [-0.05, 0) is 19.8 Å². The molecule has 4 nitrogen and oxygen atoms in total. The van der Waals surface area contributed by atoms with Gasteiger partial charge in [-0.3, -0.25) is 9.59 Å². The topological polar surface area (TPSA) is 52.6 Å². The Balaban J connectivity index is 0. The molecule has 0 atom stereocenters. The lowest BCUT2D eigenvalue weighted by Gasteiger charge is -2.02. The molecule has 0 N–H and O–H groups in total. The number of unbranched alkanes of at least 4 members (excludes halogenated alkanes) is 3. The monoisotopic (exact) mass is 260 g/mol. The van der Waals surface area contributed by atoms with E-state index in [2.05, 4.69) is 18.6 Å². The standard InChI is InChI=1S/C10H20O2.C4H8O2/c1-3-5-7-8-10(11)12-9-6-4-2;1-3-6-4(2)5/h3-9H2,1-2H3;3H2,1-2H3. The van der Waals surface area contributed by atoms with Crippen LogP contribution in [-0.2, 0) is 19.1 Å². The molecule has 0 radical (unpaired) electrons. The van der Waals surface area contributed by atoms with Crippen molar-refractivity contribution >= 4 is 11.9 Å². The number of hydrogen-bond acceptors (Lipinski definition) is 4. The number of ether oxygens (including phenoxy) is 2. The molecule has 18 heavy (non-hydrogen) atoms. The number of carbonyl (C=O) groups is 2. The highest BCUT2D eigenvalue weighted by atomic mass is 16.5. The van der Waals surface area contributed by atoms with E-state index >= 15 is 0 Å². The summed E-state index contributed by atoms with van der Waals surface area (Å²) in [5.74, 6) is -0.241. The van der Waals surface area contributed by atoms with Crippen LogP contribution < -0.4 is 0 Å². The first-order chi connectivity index (χ1) is 8.58. The second-order valence-electron chi connectivity index (χ2n) is 3.96. The Labute approximate surface area is 111 Å². The average molecular weight is 260 g/mol. The Bertz CT molecular complexity index is 190. The lowest BCUT2D eigenvalue weighted by atomic mass is 10.2. The number of carbonyl (C=O) groups excluding carboxylic acids is 2. The molecule has 4 heteroatoms. The molecule has 108 valence electrons. The minimum atomic E-state index is -0.211. The highest BCUT2D eigenvalue weighted by molar-refractivity contribution is 5.69. The van der Waals surface area contributed by atoms with Crippen molar-refractivity contribution in [2.45, 2.75) is 66.2 Å². The maximum Gasteiger partial charge on any atom is 0.305 e. The first-order valence-corrected chi connectivity index (χ1v) is 6.87. The summed E-state index contributed by atoms with van der Waals surface area (Å²) in [6.45, 7) is 8.47. The molecule has 0 saturated carbocycles. The van der Waals surface area contributed by atoms with Crippen LogP contribution in [0.25, 0.3) is 0 Å². The highest BCUT2D eigenvalue weighted by Crippen LogP contribution is 2.00. The van der Waals surface area contributed by atoms with Crippen LogP contribution in [-0.4, -0.2) is 25.2 Å². The van der Waals surface area contributed by atoms with Crippen molar-refractivity contribution in [3.8, 4) is 0 Å². The zero-order valence-electron chi connectivity index (χ0n) is 12.3. The van der Waals surface area contributed by atoms with Gasteiger partial charge in [0.15, 0.2) is 0 Å². The SMILES string of the molecule is CCCCCC(=O)OCCCC.CCOC(C)=O. The van der Waals surface area contributed by atoms with Crippen LogP contribution in [0.5, 0.6) is 0 Å². The van der Waals surface area contributed by atoms with Crippen LogP contribution in [0.15, 0.2) is 0 Å². The Morgan fingerprint density at radius 3 is 1.89 bits per heavy atom. The van der Waals surface area contributed by atoms with E-state index in [1.807, 2.05) is 0 Å². The molecule has 0 heterocycles. The van der Waals surface area contributed by atoms with E-state index in [1.54, 1.807) is 6.92 Å². The van der Waals surface area contributed by atoms with E-state index < -0.39 is 0 Å². The smallest absolute Gasteiger partial charge is 0.305 e. The van der Waals surface area contributed by atoms with E-state index in [1.165, 1.54) is 6.92 Å². The Kier molecular flexibility index (Phi) is 17.1. The number of rotatable bonds is 8. The van der Waals surface area contributed by atoms with Gasteiger partial charge in [0, 0.05) is 13.3 Å². The van der Waals surface area contributed by atoms with Gasteiger partial charge >= 0.3 is 11.9 Å². The van der Waals surface area contributed by atoms with Gasteiger partial charge in [0.25, 0.3) is 0 Å². The van der Waals surface area contributed by atoms with Crippen molar-refractivity contribution in [3.63, 3.8) is 0 Å². The van der Waals surface area contributed by atoms with Crippen molar-refractivity contribution in [3.05, 3.63) is 0 Å². The van der Waals surface area contributed by atoms with Crippen LogP contribution in [0, 0.1) is 0 Å². The molecule has 0 aromatic rings. The van der Waals surface area contributed by atoms with Crippen molar-refractivity contribution in [1.29, 1.82) is 0 Å². The summed E-state index contributed by atoms with van der Waals surface area (Å²) in [7, 11) is 0. The fourth-order valence-electron chi connectivity index (χ4n) is 1.13. The lowest BCUT2D eigenvalue weighted by Crippen LogP contribution is -2.05. The molecular formula is C14H28O4. The molecule has 0 saturated heterocycles. The molecule has 0 aliphatic carbocycles. The second kappa shape index (κ2) is 15.9. The molecule has 0 spiro atoms. The van der Waals surface area contributed by atoms with Gasteiger partial charge in [-0.2, -0.15) is 0 Å². The van der Waals surface area contributed by atoms with Crippen molar-refractivity contribution in [2.24, 2.45) is 0 Å². The number of esters is 2. The second-order valence-corrected chi connectivity index (χ2v) is 3.96. The summed E-state index contributed by atoms with van der Waals surface area (Å²) >= 11 is 0. The molecule has 0 aliphatic heterocycles. The van der Waals surface area contributed by atoms with Gasteiger partial charge < -0.3 is 9.47 Å². The predicted molar refractivity (Wildman–Crippen MR) is 72.3 cm³/mol. The molecule has 0 amide bonds. The van der Waals surface area contributed by atoms with Crippen LogP contribution in [0.4, 0.5) is 0 Å². The Hall–Kier alpha value is -1.06. The third kappa shape index (κ3) is 20.4. The molecule has 0 aromatic heterocycles. The summed E-state index contributed by atoms with van der Waals surface area (Å²) in [5.41, 5.74) is 0. The molecule has 0 aliphatic rings. The van der Waals surface area contributed by atoms with Crippen molar-refractivity contribution in [1.82, 2.24) is 0 Å². The first-order valence-electron chi connectivity index (χ1n) is 6.87. The average Bonchev–Trinajstić information content (AvgIpc) is 2.30. The normalized spacial score (nSPS) is 9.11. The van der Waals surface area contributed by atoms with E-state index in [9.17, 15) is 9.59 Å². The maximum absolute atomic E-state index is 11.0. The van der Waals surface area contributed by atoms with Crippen molar-refractivity contribution < 1.29 is 19.1 Å². The summed E-state index contributed by atoms with van der Waals surface area (Å²) in [4.78, 5) is 20.8. The first kappa shape index (κ1) is 19.3. The van der Waals surface area contributed by atoms with E-state index in [0.29, 0.717) is 19.6 Å². The third-order valence-corrected chi connectivity index (χ3v) is 2.09. The van der Waals surface area contributed by atoms with Crippen LogP contribution >= 0.6 is 0 Å². The van der Waals surface area contributed by atoms with Gasteiger partial charge in [-0.1, -0.05) is 33.1 Å². The lowest BCUT2D eigenvalue weighted by molar-refractivity contribution is -0.144. The fraction of sp³-hybridized carbons (Fsp3) is 0.857. The summed E-state index contributed by atoms with van der Waals surface area (Å²) in [6.07, 6.45) is 5.92. The molecule has 0 bridgehead atoms. The fourth-order valence-corrected chi connectivity index (χ4v) is 1.13. The van der Waals surface area contributed by atoms with Gasteiger partial charge in [0.05, 0.1) is 13.2 Å². The molecule has 0 rings (SSSR count). The zero-order valence-corrected chi connectivity index (χ0v) is 12.3. The quantitative estimate of drug-likeness (QED) is 0.495. The van der Waals surface area contributed by atoms with Crippen molar-refractivity contribution in [2.75, 3.05) is 13.2 Å². The largest absolute Gasteiger partial charge is 0.466 e. The molecule has 0 unspecified atom stereocenters. The molecular weight excluding hydrogens is 232 g/mol. The Morgan fingerprint density at radius 2 is 1.50 bits per heavy atom. The van der Waals surface area contributed by atoms with E-state index in [4.69, 9.17) is 4.74 Å². The zero-order chi connectivity index (χ0) is 14.2. The van der Waals surface area contributed by atoms with Crippen LogP contribution in [0.1, 0.15) is 66.2 Å². The highest BCUT2D eigenvalue weighted by Gasteiger charge is 2.00. The van der Waals surface area contributed by atoms with Gasteiger partial charge in [-0.25, -0.2) is 0 Å². The summed E-state index contributed by atoms with van der Waals surface area (Å²) in [6, 6.07) is 0. The molecule has 0 aromatic carbocycles. The van der Waals surface area contributed by atoms with Crippen LogP contribution in [0.2, 0.25) is 0 Å². The maximum atomic E-state index is 11.0. The predicted octanol–water partition coefficient (Wildman–Crippen LogP) is 3.48. The minimum Gasteiger partial charge on any atom is -0.466 e. The van der Waals surface area contributed by atoms with E-state index in [-0.39, 0.29) is 11.9 Å². The van der Waals surface area contributed by atoms with Gasteiger partial charge in [-0.15, -0.1) is 0 Å². The Morgan fingerprint density at radius 1 is 0.889 bits per heavy atom. The number of hydrogen-bond donors (Lipinski definition) is 0. The van der Waals surface area contributed by atoms with Gasteiger partial charge in [0.1, 0.15) is 0 Å². The molecule has 0 fully saturated rings.